The largest absolute Gasteiger partial charge is 0.338 e. The van der Waals surface area contributed by atoms with Crippen molar-refractivity contribution in [3.05, 3.63) is 23.8 Å². The van der Waals surface area contributed by atoms with Crippen molar-refractivity contribution in [1.82, 2.24) is 10.0 Å². The maximum Gasteiger partial charge on any atom is 0.319 e. The Labute approximate surface area is 120 Å². The molecule has 0 aliphatic carbocycles. The van der Waals surface area contributed by atoms with Gasteiger partial charge in [-0.15, -0.1) is 0 Å². The molecule has 0 heterocycles. The van der Waals surface area contributed by atoms with Gasteiger partial charge in [-0.2, -0.15) is 0 Å². The molecule has 0 spiro atoms. The summed E-state index contributed by atoms with van der Waals surface area (Å²) < 4.78 is 25.7. The van der Waals surface area contributed by atoms with E-state index >= 15 is 0 Å². The molecule has 7 heteroatoms. The average Bonchev–Trinajstić information content (AvgIpc) is 2.38. The van der Waals surface area contributed by atoms with E-state index in [1.807, 2.05) is 13.8 Å². The van der Waals surface area contributed by atoms with Gasteiger partial charge < -0.3 is 10.6 Å². The first-order chi connectivity index (χ1) is 9.26. The molecule has 1 rings (SSSR count). The van der Waals surface area contributed by atoms with E-state index in [4.69, 9.17) is 0 Å². The smallest absolute Gasteiger partial charge is 0.319 e. The lowest BCUT2D eigenvalue weighted by molar-refractivity contribution is 0.251. The fourth-order valence-electron chi connectivity index (χ4n) is 1.48. The summed E-state index contributed by atoms with van der Waals surface area (Å²) in [5, 5.41) is 5.37. The van der Waals surface area contributed by atoms with Gasteiger partial charge in [-0.25, -0.2) is 17.9 Å². The van der Waals surface area contributed by atoms with Crippen LogP contribution in [0.3, 0.4) is 0 Å². The maximum absolute atomic E-state index is 11.7. The second-order valence-electron chi connectivity index (χ2n) is 4.91. The Kier molecular flexibility index (Phi) is 5.52. The van der Waals surface area contributed by atoms with Gasteiger partial charge in [0.15, 0.2) is 0 Å². The van der Waals surface area contributed by atoms with Crippen LogP contribution in [0.25, 0.3) is 0 Å². The van der Waals surface area contributed by atoms with Crippen LogP contribution in [0, 0.1) is 12.8 Å². The molecule has 0 unspecified atom stereocenters. The Morgan fingerprint density at radius 3 is 2.50 bits per heavy atom. The molecule has 0 bridgehead atoms. The number of rotatable bonds is 5. The van der Waals surface area contributed by atoms with Crippen LogP contribution in [0.1, 0.15) is 19.4 Å². The van der Waals surface area contributed by atoms with Crippen LogP contribution < -0.4 is 15.4 Å². The number of carbonyl (C=O) groups excluding carboxylic acids is 1. The SMILES string of the molecule is CNS(=O)(=O)c1ccc(C)c(NC(=O)NCC(C)C)c1. The van der Waals surface area contributed by atoms with Gasteiger partial charge in [0, 0.05) is 12.2 Å². The van der Waals surface area contributed by atoms with E-state index in [0.29, 0.717) is 18.2 Å². The number of aryl methyl sites for hydroxylation is 1. The maximum atomic E-state index is 11.7. The van der Waals surface area contributed by atoms with E-state index in [0.717, 1.165) is 5.56 Å². The lowest BCUT2D eigenvalue weighted by Gasteiger charge is -2.12. The fraction of sp³-hybridized carbons (Fsp3) is 0.462. The Bertz CT molecular complexity index is 583. The van der Waals surface area contributed by atoms with E-state index in [2.05, 4.69) is 15.4 Å². The molecule has 1 aromatic carbocycles. The zero-order valence-electron chi connectivity index (χ0n) is 12.1. The van der Waals surface area contributed by atoms with Gasteiger partial charge in [-0.1, -0.05) is 19.9 Å². The number of anilines is 1. The van der Waals surface area contributed by atoms with Crippen molar-refractivity contribution in [1.29, 1.82) is 0 Å². The average molecular weight is 299 g/mol. The van der Waals surface area contributed by atoms with Gasteiger partial charge in [0.05, 0.1) is 4.90 Å². The Morgan fingerprint density at radius 2 is 1.95 bits per heavy atom. The van der Waals surface area contributed by atoms with Crippen LogP contribution >= 0.6 is 0 Å². The zero-order chi connectivity index (χ0) is 15.3. The van der Waals surface area contributed by atoms with Crippen molar-refractivity contribution in [2.75, 3.05) is 18.9 Å². The summed E-state index contributed by atoms with van der Waals surface area (Å²) in [7, 11) is -2.18. The highest BCUT2D eigenvalue weighted by atomic mass is 32.2. The number of nitrogens with one attached hydrogen (secondary N) is 3. The molecule has 0 fully saturated rings. The van der Waals surface area contributed by atoms with Gasteiger partial charge in [0.1, 0.15) is 0 Å². The van der Waals surface area contributed by atoms with Crippen LogP contribution in [-0.2, 0) is 10.0 Å². The van der Waals surface area contributed by atoms with Crippen molar-refractivity contribution in [3.63, 3.8) is 0 Å². The summed E-state index contributed by atoms with van der Waals surface area (Å²) in [5.74, 6) is 0.345. The molecule has 2 amide bonds. The Hall–Kier alpha value is -1.60. The molecule has 20 heavy (non-hydrogen) atoms. The number of hydrogen-bond acceptors (Lipinski definition) is 3. The number of benzene rings is 1. The third kappa shape index (κ3) is 4.50. The third-order valence-corrected chi connectivity index (χ3v) is 4.12. The number of urea groups is 1. The molecule has 0 atom stereocenters. The minimum Gasteiger partial charge on any atom is -0.338 e. The Morgan fingerprint density at radius 1 is 1.30 bits per heavy atom. The number of amides is 2. The number of hydrogen-bond donors (Lipinski definition) is 3. The molecule has 3 N–H and O–H groups in total. The zero-order valence-corrected chi connectivity index (χ0v) is 13.0. The highest BCUT2D eigenvalue weighted by Crippen LogP contribution is 2.19. The number of sulfonamides is 1. The monoisotopic (exact) mass is 299 g/mol. The Balaban J connectivity index is 2.90. The molecule has 0 saturated heterocycles. The van der Waals surface area contributed by atoms with Crippen molar-refractivity contribution < 1.29 is 13.2 Å². The van der Waals surface area contributed by atoms with Crippen LogP contribution in [-0.4, -0.2) is 28.0 Å². The van der Waals surface area contributed by atoms with Crippen molar-refractivity contribution in [2.45, 2.75) is 25.7 Å². The van der Waals surface area contributed by atoms with E-state index in [1.54, 1.807) is 13.0 Å². The van der Waals surface area contributed by atoms with E-state index in [9.17, 15) is 13.2 Å². The molecule has 0 radical (unpaired) electrons. The van der Waals surface area contributed by atoms with Crippen LogP contribution in [0.5, 0.6) is 0 Å². The van der Waals surface area contributed by atoms with Crippen molar-refractivity contribution >= 4 is 21.7 Å². The highest BCUT2D eigenvalue weighted by molar-refractivity contribution is 7.89. The van der Waals surface area contributed by atoms with Crippen LogP contribution in [0.15, 0.2) is 23.1 Å². The molecule has 0 aliphatic heterocycles. The predicted molar refractivity (Wildman–Crippen MR) is 79.3 cm³/mol. The topological polar surface area (TPSA) is 87.3 Å². The quantitative estimate of drug-likeness (QED) is 0.773. The molecule has 6 nitrogen and oxygen atoms in total. The minimum absolute atomic E-state index is 0.116. The second kappa shape index (κ2) is 6.71. The summed E-state index contributed by atoms with van der Waals surface area (Å²) in [6.07, 6.45) is 0. The lowest BCUT2D eigenvalue weighted by atomic mass is 10.2. The lowest BCUT2D eigenvalue weighted by Crippen LogP contribution is -2.32. The number of carbonyl (C=O) groups is 1. The third-order valence-electron chi connectivity index (χ3n) is 2.71. The van der Waals surface area contributed by atoms with Crippen molar-refractivity contribution in [3.8, 4) is 0 Å². The molecule has 0 aliphatic rings. The first-order valence-corrected chi connectivity index (χ1v) is 7.83. The molecule has 112 valence electrons. The van der Waals surface area contributed by atoms with Crippen LogP contribution in [0.2, 0.25) is 0 Å². The summed E-state index contributed by atoms with van der Waals surface area (Å²) in [4.78, 5) is 11.8. The normalized spacial score (nSPS) is 11.4. The van der Waals surface area contributed by atoms with Crippen molar-refractivity contribution in [2.24, 2.45) is 5.92 Å². The van der Waals surface area contributed by atoms with Gasteiger partial charge in [-0.05, 0) is 37.6 Å². The van der Waals surface area contributed by atoms with E-state index in [1.165, 1.54) is 19.2 Å². The van der Waals surface area contributed by atoms with Gasteiger partial charge >= 0.3 is 6.03 Å². The summed E-state index contributed by atoms with van der Waals surface area (Å²) in [6, 6.07) is 4.25. The first kappa shape index (κ1) is 16.5. The standard InChI is InChI=1S/C13H21N3O3S/c1-9(2)8-15-13(17)16-12-7-11(6-5-10(12)3)20(18,19)14-4/h5-7,9,14H,8H2,1-4H3,(H2,15,16,17). The summed E-state index contributed by atoms with van der Waals surface area (Å²) in [6.45, 7) is 6.34. The fourth-order valence-corrected chi connectivity index (χ4v) is 2.24. The van der Waals surface area contributed by atoms with E-state index < -0.39 is 10.0 Å². The molecular formula is C13H21N3O3S. The highest BCUT2D eigenvalue weighted by Gasteiger charge is 2.14. The minimum atomic E-state index is -3.52. The summed E-state index contributed by atoms with van der Waals surface area (Å²) in [5.41, 5.74) is 1.27. The second-order valence-corrected chi connectivity index (χ2v) is 6.80. The predicted octanol–water partition coefficient (Wildman–Crippen LogP) is 1.68. The van der Waals surface area contributed by atoms with Crippen LogP contribution in [0.4, 0.5) is 10.5 Å². The van der Waals surface area contributed by atoms with Gasteiger partial charge in [-0.3, -0.25) is 0 Å². The van der Waals surface area contributed by atoms with Gasteiger partial charge in [0.2, 0.25) is 10.0 Å². The first-order valence-electron chi connectivity index (χ1n) is 6.35. The van der Waals surface area contributed by atoms with E-state index in [-0.39, 0.29) is 10.9 Å². The molecule has 0 saturated carbocycles. The summed E-state index contributed by atoms with van der Waals surface area (Å²) >= 11 is 0. The van der Waals surface area contributed by atoms with Gasteiger partial charge in [0.25, 0.3) is 0 Å². The molecule has 1 aromatic rings. The molecule has 0 aromatic heterocycles. The molecular weight excluding hydrogens is 278 g/mol.